The molecule has 2 unspecified atom stereocenters. The Bertz CT molecular complexity index is 306. The number of nitrogens with one attached hydrogen (secondary N) is 1. The molecule has 1 aromatic carbocycles. The summed E-state index contributed by atoms with van der Waals surface area (Å²) < 4.78 is 18.6. The minimum absolute atomic E-state index is 0.0375. The van der Waals surface area contributed by atoms with E-state index in [9.17, 15) is 4.39 Å². The SMILES string of the molecule is CC(OC1CCNC1)c1ccc(F)cc1. The fourth-order valence-corrected chi connectivity index (χ4v) is 1.85. The van der Waals surface area contributed by atoms with Crippen molar-refractivity contribution in [2.75, 3.05) is 13.1 Å². The first-order valence-corrected chi connectivity index (χ1v) is 5.37. The molecule has 82 valence electrons. The van der Waals surface area contributed by atoms with Crippen molar-refractivity contribution in [1.29, 1.82) is 0 Å². The summed E-state index contributed by atoms with van der Waals surface area (Å²) in [6, 6.07) is 6.51. The van der Waals surface area contributed by atoms with Crippen molar-refractivity contribution in [3.63, 3.8) is 0 Å². The molecule has 2 nitrogen and oxygen atoms in total. The average molecular weight is 209 g/mol. The molecule has 1 heterocycles. The van der Waals surface area contributed by atoms with E-state index in [-0.39, 0.29) is 11.9 Å². The molecule has 2 atom stereocenters. The van der Waals surface area contributed by atoms with E-state index in [1.807, 2.05) is 6.92 Å². The second-order valence-corrected chi connectivity index (χ2v) is 3.94. The lowest BCUT2D eigenvalue weighted by atomic mass is 10.1. The molecule has 1 aromatic rings. The zero-order valence-electron chi connectivity index (χ0n) is 8.87. The van der Waals surface area contributed by atoms with E-state index in [2.05, 4.69) is 5.32 Å². The molecule has 0 aromatic heterocycles. The molecule has 1 aliphatic rings. The average Bonchev–Trinajstić information content (AvgIpc) is 2.71. The number of rotatable bonds is 3. The standard InChI is InChI=1S/C12H16FNO/c1-9(15-12-6-7-14-8-12)10-2-4-11(13)5-3-10/h2-5,9,12,14H,6-8H2,1H3. The van der Waals surface area contributed by atoms with Crippen LogP contribution in [0.25, 0.3) is 0 Å². The van der Waals surface area contributed by atoms with Crippen LogP contribution in [0.4, 0.5) is 4.39 Å². The lowest BCUT2D eigenvalue weighted by Crippen LogP contribution is -2.18. The van der Waals surface area contributed by atoms with Gasteiger partial charge in [-0.1, -0.05) is 12.1 Å². The third-order valence-electron chi connectivity index (χ3n) is 2.75. The predicted molar refractivity (Wildman–Crippen MR) is 57.2 cm³/mol. The van der Waals surface area contributed by atoms with E-state index in [4.69, 9.17) is 4.74 Å². The lowest BCUT2D eigenvalue weighted by Gasteiger charge is -2.18. The maximum atomic E-state index is 12.7. The van der Waals surface area contributed by atoms with Crippen LogP contribution in [0.5, 0.6) is 0 Å². The number of ether oxygens (including phenoxy) is 1. The van der Waals surface area contributed by atoms with Gasteiger partial charge in [-0.3, -0.25) is 0 Å². The van der Waals surface area contributed by atoms with Crippen LogP contribution in [0.15, 0.2) is 24.3 Å². The molecular weight excluding hydrogens is 193 g/mol. The van der Waals surface area contributed by atoms with Gasteiger partial charge < -0.3 is 10.1 Å². The first-order valence-electron chi connectivity index (χ1n) is 5.37. The highest BCUT2D eigenvalue weighted by molar-refractivity contribution is 5.18. The van der Waals surface area contributed by atoms with E-state index < -0.39 is 0 Å². The molecule has 3 heteroatoms. The Balaban J connectivity index is 1.94. The van der Waals surface area contributed by atoms with Gasteiger partial charge in [-0.2, -0.15) is 0 Å². The first-order chi connectivity index (χ1) is 7.25. The van der Waals surface area contributed by atoms with Gasteiger partial charge in [-0.05, 0) is 37.6 Å². The smallest absolute Gasteiger partial charge is 0.123 e. The minimum Gasteiger partial charge on any atom is -0.369 e. The molecule has 1 saturated heterocycles. The van der Waals surface area contributed by atoms with E-state index in [0.717, 1.165) is 25.1 Å². The summed E-state index contributed by atoms with van der Waals surface area (Å²) in [6.45, 7) is 3.96. The fourth-order valence-electron chi connectivity index (χ4n) is 1.85. The maximum absolute atomic E-state index is 12.7. The van der Waals surface area contributed by atoms with Crippen LogP contribution in [-0.4, -0.2) is 19.2 Å². The molecule has 1 N–H and O–H groups in total. The normalized spacial score (nSPS) is 22.9. The highest BCUT2D eigenvalue weighted by Crippen LogP contribution is 2.20. The van der Waals surface area contributed by atoms with Gasteiger partial charge in [-0.25, -0.2) is 4.39 Å². The predicted octanol–water partition coefficient (Wildman–Crippen LogP) is 2.27. The summed E-state index contributed by atoms with van der Waals surface area (Å²) in [5.41, 5.74) is 1.03. The van der Waals surface area contributed by atoms with Gasteiger partial charge in [0, 0.05) is 6.54 Å². The van der Waals surface area contributed by atoms with Crippen molar-refractivity contribution in [3.05, 3.63) is 35.6 Å². The monoisotopic (exact) mass is 209 g/mol. The molecule has 0 radical (unpaired) electrons. The van der Waals surface area contributed by atoms with Crippen LogP contribution in [0.1, 0.15) is 25.0 Å². The van der Waals surface area contributed by atoms with Gasteiger partial charge in [0.15, 0.2) is 0 Å². The summed E-state index contributed by atoms with van der Waals surface area (Å²) in [6.07, 6.45) is 1.39. The largest absolute Gasteiger partial charge is 0.369 e. The molecule has 0 spiro atoms. The number of halogens is 1. The zero-order chi connectivity index (χ0) is 10.7. The van der Waals surface area contributed by atoms with Crippen molar-refractivity contribution >= 4 is 0 Å². The van der Waals surface area contributed by atoms with Crippen LogP contribution in [-0.2, 0) is 4.74 Å². The van der Waals surface area contributed by atoms with Gasteiger partial charge in [0.2, 0.25) is 0 Å². The van der Waals surface area contributed by atoms with E-state index >= 15 is 0 Å². The summed E-state index contributed by atoms with van der Waals surface area (Å²) >= 11 is 0. The Kier molecular flexibility index (Phi) is 3.34. The Hall–Kier alpha value is -0.930. The van der Waals surface area contributed by atoms with Crippen molar-refractivity contribution in [3.8, 4) is 0 Å². The molecule has 1 fully saturated rings. The van der Waals surface area contributed by atoms with Crippen molar-refractivity contribution in [1.82, 2.24) is 5.32 Å². The topological polar surface area (TPSA) is 21.3 Å². The van der Waals surface area contributed by atoms with Gasteiger partial charge in [0.05, 0.1) is 12.2 Å². The summed E-state index contributed by atoms with van der Waals surface area (Å²) in [7, 11) is 0. The van der Waals surface area contributed by atoms with E-state index in [1.54, 1.807) is 12.1 Å². The first kappa shape index (κ1) is 10.6. The second kappa shape index (κ2) is 4.73. The summed E-state index contributed by atoms with van der Waals surface area (Å²) in [5, 5.41) is 3.25. The van der Waals surface area contributed by atoms with Crippen LogP contribution in [0.2, 0.25) is 0 Å². The highest BCUT2D eigenvalue weighted by Gasteiger charge is 2.18. The van der Waals surface area contributed by atoms with Crippen molar-refractivity contribution in [2.24, 2.45) is 0 Å². The summed E-state index contributed by atoms with van der Waals surface area (Å²) in [5.74, 6) is -0.200. The van der Waals surface area contributed by atoms with Gasteiger partial charge in [0.1, 0.15) is 5.82 Å². The molecule has 0 saturated carbocycles. The molecule has 15 heavy (non-hydrogen) atoms. The zero-order valence-corrected chi connectivity index (χ0v) is 8.87. The van der Waals surface area contributed by atoms with Crippen LogP contribution < -0.4 is 5.32 Å². The second-order valence-electron chi connectivity index (χ2n) is 3.94. The molecule has 0 aliphatic carbocycles. The molecule has 0 amide bonds. The van der Waals surface area contributed by atoms with Gasteiger partial charge >= 0.3 is 0 Å². The van der Waals surface area contributed by atoms with E-state index in [1.165, 1.54) is 12.1 Å². The minimum atomic E-state index is -0.200. The van der Waals surface area contributed by atoms with E-state index in [0.29, 0.717) is 6.10 Å². The molecular formula is C12H16FNO. The van der Waals surface area contributed by atoms with Gasteiger partial charge in [0.25, 0.3) is 0 Å². The quantitative estimate of drug-likeness (QED) is 0.824. The highest BCUT2D eigenvalue weighted by atomic mass is 19.1. The molecule has 2 rings (SSSR count). The Morgan fingerprint density at radius 3 is 2.73 bits per heavy atom. The lowest BCUT2D eigenvalue weighted by molar-refractivity contribution is 0.00826. The molecule has 0 bridgehead atoms. The van der Waals surface area contributed by atoms with Crippen LogP contribution >= 0.6 is 0 Å². The van der Waals surface area contributed by atoms with Crippen molar-refractivity contribution < 1.29 is 9.13 Å². The number of hydrogen-bond acceptors (Lipinski definition) is 2. The van der Waals surface area contributed by atoms with Crippen LogP contribution in [0.3, 0.4) is 0 Å². The Labute approximate surface area is 89.4 Å². The van der Waals surface area contributed by atoms with Crippen LogP contribution in [0, 0.1) is 5.82 Å². The third kappa shape index (κ3) is 2.76. The maximum Gasteiger partial charge on any atom is 0.123 e. The fraction of sp³-hybridized carbons (Fsp3) is 0.500. The Morgan fingerprint density at radius 2 is 2.13 bits per heavy atom. The third-order valence-corrected chi connectivity index (χ3v) is 2.75. The van der Waals surface area contributed by atoms with Gasteiger partial charge in [-0.15, -0.1) is 0 Å². The Morgan fingerprint density at radius 1 is 1.40 bits per heavy atom. The number of hydrogen-bond donors (Lipinski definition) is 1. The number of benzene rings is 1. The molecule has 1 aliphatic heterocycles. The summed E-state index contributed by atoms with van der Waals surface area (Å²) in [4.78, 5) is 0. The van der Waals surface area contributed by atoms with Crippen molar-refractivity contribution in [2.45, 2.75) is 25.6 Å².